The van der Waals surface area contributed by atoms with Crippen molar-refractivity contribution in [3.05, 3.63) is 23.3 Å². The van der Waals surface area contributed by atoms with Crippen molar-refractivity contribution in [3.63, 3.8) is 0 Å². The number of benzene rings is 1. The summed E-state index contributed by atoms with van der Waals surface area (Å²) in [7, 11) is 0. The molecule has 1 N–H and O–H groups in total. The number of hydrogen-bond donors (Lipinski definition) is 1. The quantitative estimate of drug-likeness (QED) is 0.333. The number of phenols is 1. The van der Waals surface area contributed by atoms with Crippen LogP contribution < -0.4 is 4.74 Å². The zero-order valence-electron chi connectivity index (χ0n) is 22.7. The molecule has 1 aliphatic carbocycles. The maximum atomic E-state index is 13.1. The van der Waals surface area contributed by atoms with Gasteiger partial charge < -0.3 is 14.7 Å². The lowest BCUT2D eigenvalue weighted by molar-refractivity contribution is -0.135. The Morgan fingerprint density at radius 1 is 1.12 bits per heavy atom. The standard InChI is InChI=1S/C30H49NO3/c1-7-11-12-13-15-28(33)31(10-4)23-16-17-25-24(20-23)29-26(32)18-22(21(9-3)14-8-2)19-27(29)34-30(25,5)6/h18-19,21,23-25,32H,7-17,20H2,1-6H3/t21?,23?,24-,25-/m1/s1. The molecule has 0 aromatic heterocycles. The Hall–Kier alpha value is -1.71. The van der Waals surface area contributed by atoms with E-state index in [2.05, 4.69) is 52.5 Å². The van der Waals surface area contributed by atoms with Crippen LogP contribution in [0.25, 0.3) is 0 Å². The van der Waals surface area contributed by atoms with Crippen LogP contribution >= 0.6 is 0 Å². The molecule has 3 rings (SSSR count). The highest BCUT2D eigenvalue weighted by Gasteiger charge is 2.48. The van der Waals surface area contributed by atoms with E-state index in [0.29, 0.717) is 29.9 Å². The van der Waals surface area contributed by atoms with Crippen molar-refractivity contribution in [2.75, 3.05) is 6.54 Å². The van der Waals surface area contributed by atoms with Crippen LogP contribution in [0.1, 0.15) is 135 Å². The van der Waals surface area contributed by atoms with Crippen LogP contribution in [-0.2, 0) is 4.79 Å². The fourth-order valence-electron chi connectivity index (χ4n) is 6.71. The number of unbranched alkanes of at least 4 members (excludes halogenated alkanes) is 3. The maximum absolute atomic E-state index is 13.1. The average molecular weight is 472 g/mol. The van der Waals surface area contributed by atoms with Crippen LogP contribution in [0, 0.1) is 5.92 Å². The van der Waals surface area contributed by atoms with E-state index in [4.69, 9.17) is 4.74 Å². The number of aromatic hydroxyl groups is 1. The van der Waals surface area contributed by atoms with Gasteiger partial charge in [0, 0.05) is 30.5 Å². The Morgan fingerprint density at radius 2 is 1.88 bits per heavy atom. The molecule has 1 aromatic rings. The number of ether oxygens (including phenoxy) is 1. The van der Waals surface area contributed by atoms with Crippen molar-refractivity contribution in [2.24, 2.45) is 5.92 Å². The summed E-state index contributed by atoms with van der Waals surface area (Å²) in [5, 5.41) is 11.3. The summed E-state index contributed by atoms with van der Waals surface area (Å²) in [5.41, 5.74) is 1.90. The lowest BCUT2D eigenvalue weighted by Gasteiger charge is -2.50. The molecule has 0 spiro atoms. The molecule has 192 valence electrons. The molecule has 1 saturated carbocycles. The molecule has 1 amide bonds. The topological polar surface area (TPSA) is 49.8 Å². The van der Waals surface area contributed by atoms with E-state index in [9.17, 15) is 9.90 Å². The number of amides is 1. The second kappa shape index (κ2) is 11.8. The van der Waals surface area contributed by atoms with E-state index in [1.165, 1.54) is 18.4 Å². The number of fused-ring (bicyclic) bond motifs is 3. The van der Waals surface area contributed by atoms with Crippen LogP contribution in [0.15, 0.2) is 12.1 Å². The first-order valence-electron chi connectivity index (χ1n) is 14.1. The minimum Gasteiger partial charge on any atom is -0.508 e. The molecule has 1 heterocycles. The van der Waals surface area contributed by atoms with Crippen LogP contribution in [0.4, 0.5) is 0 Å². The highest BCUT2D eigenvalue weighted by atomic mass is 16.5. The number of hydrogen-bond acceptors (Lipinski definition) is 3. The van der Waals surface area contributed by atoms with Crippen LogP contribution in [0.3, 0.4) is 0 Å². The van der Waals surface area contributed by atoms with Gasteiger partial charge in [0.2, 0.25) is 5.91 Å². The number of carbonyl (C=O) groups is 1. The van der Waals surface area contributed by atoms with Crippen molar-refractivity contribution >= 4 is 5.91 Å². The third-order valence-corrected chi connectivity index (χ3v) is 8.55. The summed E-state index contributed by atoms with van der Waals surface area (Å²) in [5.74, 6) is 2.58. The highest BCUT2D eigenvalue weighted by Crippen LogP contribution is 2.55. The van der Waals surface area contributed by atoms with Crippen LogP contribution in [-0.4, -0.2) is 34.1 Å². The SMILES string of the molecule is CCCCCCC(=O)N(CC)C1CC[C@@H]2[C@@H](C1)c1c(O)cc(C(CC)CCC)cc1OC2(C)C. The predicted molar refractivity (Wildman–Crippen MR) is 141 cm³/mol. The first-order valence-corrected chi connectivity index (χ1v) is 14.1. The molecule has 2 aliphatic rings. The van der Waals surface area contributed by atoms with Gasteiger partial charge in [-0.2, -0.15) is 0 Å². The zero-order valence-corrected chi connectivity index (χ0v) is 22.7. The Morgan fingerprint density at radius 3 is 2.53 bits per heavy atom. The number of carbonyl (C=O) groups excluding carboxylic acids is 1. The second-order valence-corrected chi connectivity index (χ2v) is 11.2. The average Bonchev–Trinajstić information content (AvgIpc) is 2.79. The lowest BCUT2D eigenvalue weighted by atomic mass is 9.65. The Labute approximate surface area is 208 Å². The van der Waals surface area contributed by atoms with Crippen LogP contribution in [0.2, 0.25) is 0 Å². The first kappa shape index (κ1) is 26.9. The largest absolute Gasteiger partial charge is 0.508 e. The summed E-state index contributed by atoms with van der Waals surface area (Å²) in [6, 6.07) is 4.45. The fourth-order valence-corrected chi connectivity index (χ4v) is 6.71. The molecule has 4 atom stereocenters. The molecule has 4 nitrogen and oxygen atoms in total. The number of nitrogens with zero attached hydrogens (tertiary/aromatic N) is 1. The van der Waals surface area contributed by atoms with Crippen molar-refractivity contribution < 1.29 is 14.6 Å². The van der Waals surface area contributed by atoms with Gasteiger partial charge in [0.1, 0.15) is 17.1 Å². The molecular weight excluding hydrogens is 422 g/mol. The van der Waals surface area contributed by atoms with E-state index in [-0.39, 0.29) is 17.6 Å². The van der Waals surface area contributed by atoms with Gasteiger partial charge in [-0.1, -0.05) is 46.5 Å². The summed E-state index contributed by atoms with van der Waals surface area (Å²) in [6.45, 7) is 13.9. The minimum atomic E-state index is -0.276. The third kappa shape index (κ3) is 5.74. The van der Waals surface area contributed by atoms with Crippen molar-refractivity contribution in [3.8, 4) is 11.5 Å². The molecule has 1 aromatic carbocycles. The maximum Gasteiger partial charge on any atom is 0.222 e. The molecule has 4 heteroatoms. The summed E-state index contributed by atoms with van der Waals surface area (Å²) >= 11 is 0. The minimum absolute atomic E-state index is 0.222. The monoisotopic (exact) mass is 471 g/mol. The van der Waals surface area contributed by atoms with Gasteiger partial charge in [-0.05, 0) is 88.8 Å². The zero-order chi connectivity index (χ0) is 24.9. The summed E-state index contributed by atoms with van der Waals surface area (Å²) < 4.78 is 6.59. The van der Waals surface area contributed by atoms with Crippen molar-refractivity contribution in [1.29, 1.82) is 0 Å². The first-order chi connectivity index (χ1) is 16.3. The summed E-state index contributed by atoms with van der Waals surface area (Å²) in [4.78, 5) is 15.2. The molecule has 0 saturated heterocycles. The Kier molecular flexibility index (Phi) is 9.34. The van der Waals surface area contributed by atoms with Crippen molar-refractivity contribution in [2.45, 2.75) is 136 Å². The number of phenolic OH excluding ortho intramolecular Hbond substituents is 1. The van der Waals surface area contributed by atoms with E-state index in [0.717, 1.165) is 69.2 Å². The van der Waals surface area contributed by atoms with Gasteiger partial charge in [0.05, 0.1) is 0 Å². The van der Waals surface area contributed by atoms with E-state index < -0.39 is 0 Å². The third-order valence-electron chi connectivity index (χ3n) is 8.55. The highest BCUT2D eigenvalue weighted by molar-refractivity contribution is 5.76. The molecule has 34 heavy (non-hydrogen) atoms. The van der Waals surface area contributed by atoms with E-state index in [1.807, 2.05) is 6.07 Å². The van der Waals surface area contributed by atoms with Gasteiger partial charge in [0.25, 0.3) is 0 Å². The van der Waals surface area contributed by atoms with Gasteiger partial charge >= 0.3 is 0 Å². The molecular formula is C30H49NO3. The second-order valence-electron chi connectivity index (χ2n) is 11.2. The molecule has 0 bridgehead atoms. The Balaban J connectivity index is 1.86. The normalized spacial score (nSPS) is 24.0. The molecule has 1 fully saturated rings. The van der Waals surface area contributed by atoms with Crippen LogP contribution in [0.5, 0.6) is 11.5 Å². The van der Waals surface area contributed by atoms with E-state index >= 15 is 0 Å². The lowest BCUT2D eigenvalue weighted by Crippen LogP contribution is -2.51. The van der Waals surface area contributed by atoms with E-state index in [1.54, 1.807) is 0 Å². The van der Waals surface area contributed by atoms with Gasteiger partial charge in [-0.15, -0.1) is 0 Å². The Bertz CT molecular complexity index is 818. The predicted octanol–water partition coefficient (Wildman–Crippen LogP) is 7.93. The van der Waals surface area contributed by atoms with Gasteiger partial charge in [-0.3, -0.25) is 4.79 Å². The van der Waals surface area contributed by atoms with Gasteiger partial charge in [-0.25, -0.2) is 0 Å². The smallest absolute Gasteiger partial charge is 0.222 e. The molecule has 2 unspecified atom stereocenters. The van der Waals surface area contributed by atoms with Crippen molar-refractivity contribution in [1.82, 2.24) is 4.90 Å². The molecule has 1 aliphatic heterocycles. The molecule has 0 radical (unpaired) electrons. The van der Waals surface area contributed by atoms with Gasteiger partial charge in [0.15, 0.2) is 0 Å². The number of rotatable bonds is 11. The fraction of sp³-hybridized carbons (Fsp3) is 0.767. The summed E-state index contributed by atoms with van der Waals surface area (Å²) in [6.07, 6.45) is 11.5.